The van der Waals surface area contributed by atoms with Gasteiger partial charge in [0.05, 0.1) is 28.6 Å². The van der Waals surface area contributed by atoms with E-state index in [1.807, 2.05) is 6.07 Å². The van der Waals surface area contributed by atoms with Crippen LogP contribution in [0.3, 0.4) is 0 Å². The fourth-order valence-corrected chi connectivity index (χ4v) is 3.11. The van der Waals surface area contributed by atoms with Crippen molar-refractivity contribution in [2.24, 2.45) is 0 Å². The number of nitro benzene ring substituents is 1. The Morgan fingerprint density at radius 2 is 2.09 bits per heavy atom. The number of urea groups is 1. The summed E-state index contributed by atoms with van der Waals surface area (Å²) in [7, 11) is 0. The smallest absolute Gasteiger partial charge is 0.315 e. The van der Waals surface area contributed by atoms with Gasteiger partial charge in [-0.25, -0.2) is 4.79 Å². The van der Waals surface area contributed by atoms with E-state index in [1.165, 1.54) is 6.07 Å². The molecule has 0 radical (unpaired) electrons. The lowest BCUT2D eigenvalue weighted by Gasteiger charge is -2.31. The minimum absolute atomic E-state index is 0.0492. The van der Waals surface area contributed by atoms with Gasteiger partial charge in [0.15, 0.2) is 0 Å². The first-order valence-electron chi connectivity index (χ1n) is 7.09. The van der Waals surface area contributed by atoms with Gasteiger partial charge >= 0.3 is 6.03 Å². The maximum atomic E-state index is 11.3. The zero-order valence-electron chi connectivity index (χ0n) is 11.7. The van der Waals surface area contributed by atoms with Crippen molar-refractivity contribution < 1.29 is 9.72 Å². The van der Waals surface area contributed by atoms with E-state index in [9.17, 15) is 14.9 Å². The lowest BCUT2D eigenvalue weighted by Crippen LogP contribution is -2.43. The zero-order chi connectivity index (χ0) is 15.7. The third kappa shape index (κ3) is 2.65. The highest BCUT2D eigenvalue weighted by molar-refractivity contribution is 5.77. The summed E-state index contributed by atoms with van der Waals surface area (Å²) in [4.78, 5) is 22.0. The number of amides is 2. The number of nitro groups is 1. The van der Waals surface area contributed by atoms with E-state index in [0.29, 0.717) is 12.1 Å². The summed E-state index contributed by atoms with van der Waals surface area (Å²) in [6.07, 6.45) is 2.35. The molecule has 0 spiro atoms. The molecule has 1 aromatic carbocycles. The highest BCUT2D eigenvalue weighted by Crippen LogP contribution is 2.30. The normalized spacial score (nSPS) is 26.3. The molecule has 2 aliphatic rings. The molecule has 0 bridgehead atoms. The van der Waals surface area contributed by atoms with Crippen LogP contribution in [0.5, 0.6) is 0 Å². The largest absolute Gasteiger partial charge is 0.377 e. The summed E-state index contributed by atoms with van der Waals surface area (Å²) in [5, 5.41) is 28.9. The van der Waals surface area contributed by atoms with Crippen molar-refractivity contribution in [1.82, 2.24) is 10.6 Å². The number of rotatable bonds is 3. The molecule has 2 amide bonds. The predicted octanol–water partition coefficient (Wildman–Crippen LogP) is 1.48. The van der Waals surface area contributed by atoms with E-state index in [4.69, 9.17) is 5.26 Å². The van der Waals surface area contributed by atoms with Crippen molar-refractivity contribution in [3.63, 3.8) is 0 Å². The van der Waals surface area contributed by atoms with Crippen LogP contribution in [0.15, 0.2) is 18.2 Å². The van der Waals surface area contributed by atoms with E-state index >= 15 is 0 Å². The number of nitriles is 1. The molecule has 3 rings (SSSR count). The summed E-state index contributed by atoms with van der Waals surface area (Å²) in [5.74, 6) is 0. The van der Waals surface area contributed by atoms with Crippen LogP contribution in [0.1, 0.15) is 24.8 Å². The third-order valence-corrected chi connectivity index (χ3v) is 4.17. The monoisotopic (exact) mass is 301 g/mol. The molecule has 0 aromatic heterocycles. The minimum Gasteiger partial charge on any atom is -0.377 e. The number of fused-ring (bicyclic) bond motifs is 1. The number of hydrogen-bond acceptors (Lipinski definition) is 5. The maximum absolute atomic E-state index is 11.3. The fraction of sp³-hybridized carbons (Fsp3) is 0.429. The number of carbonyl (C=O) groups is 1. The van der Waals surface area contributed by atoms with Crippen molar-refractivity contribution in [2.75, 3.05) is 5.32 Å². The zero-order valence-corrected chi connectivity index (χ0v) is 11.7. The highest BCUT2D eigenvalue weighted by atomic mass is 16.6. The molecule has 114 valence electrons. The number of benzene rings is 1. The Morgan fingerprint density at radius 1 is 1.32 bits per heavy atom. The van der Waals surface area contributed by atoms with Crippen LogP contribution in [0.2, 0.25) is 0 Å². The number of carbonyl (C=O) groups excluding carboxylic acids is 1. The summed E-state index contributed by atoms with van der Waals surface area (Å²) in [5.41, 5.74) is 0.563. The van der Waals surface area contributed by atoms with Crippen LogP contribution < -0.4 is 16.0 Å². The Balaban J connectivity index is 1.75. The molecule has 8 nitrogen and oxygen atoms in total. The maximum Gasteiger partial charge on any atom is 0.315 e. The van der Waals surface area contributed by atoms with E-state index < -0.39 is 4.92 Å². The van der Waals surface area contributed by atoms with Crippen LogP contribution in [0.4, 0.5) is 16.2 Å². The Labute approximate surface area is 126 Å². The van der Waals surface area contributed by atoms with Gasteiger partial charge in [-0.15, -0.1) is 0 Å². The molecule has 1 saturated heterocycles. The van der Waals surface area contributed by atoms with Gasteiger partial charge in [-0.2, -0.15) is 5.26 Å². The minimum atomic E-state index is -0.492. The van der Waals surface area contributed by atoms with Gasteiger partial charge in [0.25, 0.3) is 5.69 Å². The summed E-state index contributed by atoms with van der Waals surface area (Å²) in [6.45, 7) is 0. The molecule has 1 aliphatic carbocycles. The van der Waals surface area contributed by atoms with Crippen LogP contribution in [0, 0.1) is 21.4 Å². The van der Waals surface area contributed by atoms with E-state index in [2.05, 4.69) is 16.0 Å². The SMILES string of the molecule is N#Cc1ccc(NC2CCC3NC(=O)NC3C2)c([N+](=O)[O-])c1. The first-order valence-corrected chi connectivity index (χ1v) is 7.09. The van der Waals surface area contributed by atoms with Crippen LogP contribution in [-0.4, -0.2) is 29.1 Å². The van der Waals surface area contributed by atoms with Gasteiger partial charge in [0.1, 0.15) is 5.69 Å². The van der Waals surface area contributed by atoms with E-state index in [-0.39, 0.29) is 35.4 Å². The van der Waals surface area contributed by atoms with Gasteiger partial charge in [-0.05, 0) is 31.4 Å². The summed E-state index contributed by atoms with van der Waals surface area (Å²) >= 11 is 0. The second-order valence-electron chi connectivity index (χ2n) is 5.59. The Kier molecular flexibility index (Phi) is 3.55. The first-order chi connectivity index (χ1) is 10.6. The molecule has 22 heavy (non-hydrogen) atoms. The van der Waals surface area contributed by atoms with Gasteiger partial charge in [-0.3, -0.25) is 10.1 Å². The second kappa shape index (κ2) is 5.52. The van der Waals surface area contributed by atoms with Gasteiger partial charge in [0.2, 0.25) is 0 Å². The van der Waals surface area contributed by atoms with Crippen molar-refractivity contribution in [1.29, 1.82) is 5.26 Å². The van der Waals surface area contributed by atoms with Gasteiger partial charge in [0, 0.05) is 12.1 Å². The molecule has 2 fully saturated rings. The fourth-order valence-electron chi connectivity index (χ4n) is 3.11. The van der Waals surface area contributed by atoms with Gasteiger partial charge in [-0.1, -0.05) is 0 Å². The van der Waals surface area contributed by atoms with Crippen LogP contribution in [-0.2, 0) is 0 Å². The van der Waals surface area contributed by atoms with Crippen molar-refractivity contribution >= 4 is 17.4 Å². The average Bonchev–Trinajstić information content (AvgIpc) is 2.86. The van der Waals surface area contributed by atoms with Crippen LogP contribution >= 0.6 is 0 Å². The van der Waals surface area contributed by atoms with Crippen molar-refractivity contribution in [2.45, 2.75) is 37.4 Å². The van der Waals surface area contributed by atoms with Crippen molar-refractivity contribution in [3.8, 4) is 6.07 Å². The molecule has 3 N–H and O–H groups in total. The Morgan fingerprint density at radius 3 is 2.82 bits per heavy atom. The van der Waals surface area contributed by atoms with Gasteiger partial charge < -0.3 is 16.0 Å². The molecule has 1 saturated carbocycles. The predicted molar refractivity (Wildman–Crippen MR) is 78.3 cm³/mol. The lowest BCUT2D eigenvalue weighted by atomic mass is 9.87. The molecule has 3 atom stereocenters. The molecule has 1 aliphatic heterocycles. The molecular weight excluding hydrogens is 286 g/mol. The summed E-state index contributed by atoms with van der Waals surface area (Å²) < 4.78 is 0. The standard InChI is InChI=1S/C14H15N5O3/c15-7-8-1-3-11(13(5-8)19(21)22)16-9-2-4-10-12(6-9)18-14(20)17-10/h1,3,5,9-10,12,16H,2,4,6H2,(H2,17,18,20). The molecule has 8 heteroatoms. The van der Waals surface area contributed by atoms with E-state index in [0.717, 1.165) is 12.8 Å². The lowest BCUT2D eigenvalue weighted by molar-refractivity contribution is -0.384. The summed E-state index contributed by atoms with van der Waals surface area (Å²) in [6, 6.07) is 6.38. The molecule has 1 heterocycles. The quantitative estimate of drug-likeness (QED) is 0.577. The Bertz CT molecular complexity index is 669. The number of anilines is 1. The molecule has 3 unspecified atom stereocenters. The van der Waals surface area contributed by atoms with Crippen LogP contribution in [0.25, 0.3) is 0 Å². The first kappa shape index (κ1) is 14.1. The number of hydrogen-bond donors (Lipinski definition) is 3. The number of nitrogens with zero attached hydrogens (tertiary/aromatic N) is 2. The molecule has 1 aromatic rings. The average molecular weight is 301 g/mol. The third-order valence-electron chi connectivity index (χ3n) is 4.17. The number of nitrogens with one attached hydrogen (secondary N) is 3. The van der Waals surface area contributed by atoms with E-state index in [1.54, 1.807) is 12.1 Å². The topological polar surface area (TPSA) is 120 Å². The molecular formula is C14H15N5O3. The Hall–Kier alpha value is -2.82. The van der Waals surface area contributed by atoms with Crippen molar-refractivity contribution in [3.05, 3.63) is 33.9 Å². The highest BCUT2D eigenvalue weighted by Gasteiger charge is 2.37. The second-order valence-corrected chi connectivity index (χ2v) is 5.59.